The Morgan fingerprint density at radius 3 is 2.67 bits per heavy atom. The average Bonchev–Trinajstić information content (AvgIpc) is 2.49. The van der Waals surface area contributed by atoms with Crippen molar-refractivity contribution >= 4 is 5.91 Å². The zero-order valence-corrected chi connectivity index (χ0v) is 13.2. The van der Waals surface area contributed by atoms with E-state index >= 15 is 0 Å². The van der Waals surface area contributed by atoms with Crippen molar-refractivity contribution in [1.82, 2.24) is 10.2 Å². The minimum Gasteiger partial charge on any atom is -0.366 e. The van der Waals surface area contributed by atoms with Crippen molar-refractivity contribution in [2.75, 3.05) is 26.2 Å². The Morgan fingerprint density at radius 2 is 2.10 bits per heavy atom. The van der Waals surface area contributed by atoms with E-state index in [1.807, 2.05) is 18.2 Å². The smallest absolute Gasteiger partial charge is 0.248 e. The lowest BCUT2D eigenvalue weighted by Gasteiger charge is -2.29. The van der Waals surface area contributed by atoms with E-state index < -0.39 is 0 Å². The molecule has 21 heavy (non-hydrogen) atoms. The van der Waals surface area contributed by atoms with E-state index in [0.717, 1.165) is 44.2 Å². The van der Waals surface area contributed by atoms with Crippen molar-refractivity contribution in [3.05, 3.63) is 34.9 Å². The second-order valence-corrected chi connectivity index (χ2v) is 6.03. The molecule has 1 heterocycles. The van der Waals surface area contributed by atoms with Gasteiger partial charge in [0.2, 0.25) is 5.91 Å². The van der Waals surface area contributed by atoms with Crippen molar-refractivity contribution in [1.29, 1.82) is 0 Å². The first-order valence-electron chi connectivity index (χ1n) is 7.92. The SMILES string of the molecule is CCN(Cc1ccc(C(N)=O)cc1C)CC1CCNCC1. The van der Waals surface area contributed by atoms with Gasteiger partial charge < -0.3 is 11.1 Å². The molecule has 1 aromatic rings. The molecule has 0 bridgehead atoms. The summed E-state index contributed by atoms with van der Waals surface area (Å²) < 4.78 is 0. The number of hydrogen-bond acceptors (Lipinski definition) is 3. The van der Waals surface area contributed by atoms with Gasteiger partial charge in [-0.3, -0.25) is 9.69 Å². The quantitative estimate of drug-likeness (QED) is 0.841. The zero-order chi connectivity index (χ0) is 15.2. The highest BCUT2D eigenvalue weighted by atomic mass is 16.1. The van der Waals surface area contributed by atoms with Crippen molar-refractivity contribution in [2.45, 2.75) is 33.2 Å². The standard InChI is InChI=1S/C17H27N3O/c1-3-20(11-14-6-8-19-9-7-14)12-16-5-4-15(17(18)21)10-13(16)2/h4-5,10,14,19H,3,6-9,11-12H2,1-2H3,(H2,18,21). The minimum atomic E-state index is -0.355. The van der Waals surface area contributed by atoms with E-state index in [2.05, 4.69) is 24.1 Å². The summed E-state index contributed by atoms with van der Waals surface area (Å²) in [4.78, 5) is 13.7. The molecule has 0 atom stereocenters. The number of carbonyl (C=O) groups excluding carboxylic acids is 1. The van der Waals surface area contributed by atoms with Gasteiger partial charge in [-0.25, -0.2) is 0 Å². The van der Waals surface area contributed by atoms with Crippen LogP contribution in [0.5, 0.6) is 0 Å². The predicted octanol–water partition coefficient (Wildman–Crippen LogP) is 1.92. The number of nitrogens with one attached hydrogen (secondary N) is 1. The number of nitrogens with two attached hydrogens (primary N) is 1. The predicted molar refractivity (Wildman–Crippen MR) is 86.2 cm³/mol. The summed E-state index contributed by atoms with van der Waals surface area (Å²) in [5.74, 6) is 0.447. The van der Waals surface area contributed by atoms with Crippen LogP contribution in [0.3, 0.4) is 0 Å². The van der Waals surface area contributed by atoms with Crippen molar-refractivity contribution in [3.8, 4) is 0 Å². The van der Waals surface area contributed by atoms with Gasteiger partial charge in [0.15, 0.2) is 0 Å². The molecule has 1 aliphatic rings. The summed E-state index contributed by atoms with van der Waals surface area (Å²) in [5, 5.41) is 3.42. The molecule has 1 aliphatic heterocycles. The lowest BCUT2D eigenvalue weighted by atomic mass is 9.97. The third-order valence-corrected chi connectivity index (χ3v) is 4.44. The Bertz CT molecular complexity index is 481. The van der Waals surface area contributed by atoms with E-state index in [-0.39, 0.29) is 5.91 Å². The molecule has 4 heteroatoms. The zero-order valence-electron chi connectivity index (χ0n) is 13.2. The average molecular weight is 289 g/mol. The Labute approximate surface area is 127 Å². The summed E-state index contributed by atoms with van der Waals surface area (Å²) in [6.07, 6.45) is 2.55. The highest BCUT2D eigenvalue weighted by Gasteiger charge is 2.17. The molecular weight excluding hydrogens is 262 g/mol. The Hall–Kier alpha value is -1.39. The lowest BCUT2D eigenvalue weighted by Crippen LogP contribution is -2.36. The minimum absolute atomic E-state index is 0.355. The van der Waals surface area contributed by atoms with Crippen LogP contribution in [0.2, 0.25) is 0 Å². The van der Waals surface area contributed by atoms with E-state index in [0.29, 0.717) is 5.56 Å². The van der Waals surface area contributed by atoms with Crippen LogP contribution in [0.4, 0.5) is 0 Å². The van der Waals surface area contributed by atoms with E-state index in [1.165, 1.54) is 18.4 Å². The molecule has 1 saturated heterocycles. The number of benzene rings is 1. The maximum atomic E-state index is 11.2. The second-order valence-electron chi connectivity index (χ2n) is 6.03. The van der Waals surface area contributed by atoms with E-state index in [1.54, 1.807) is 0 Å². The maximum absolute atomic E-state index is 11.2. The first kappa shape index (κ1) is 16.0. The summed E-state index contributed by atoms with van der Waals surface area (Å²) in [6, 6.07) is 5.78. The lowest BCUT2D eigenvalue weighted by molar-refractivity contribution is 0.1000. The van der Waals surface area contributed by atoms with Crippen LogP contribution in [0.25, 0.3) is 0 Å². The Kier molecular flexibility index (Phi) is 5.76. The monoisotopic (exact) mass is 289 g/mol. The molecule has 1 fully saturated rings. The third-order valence-electron chi connectivity index (χ3n) is 4.44. The number of nitrogens with zero attached hydrogens (tertiary/aromatic N) is 1. The highest BCUT2D eigenvalue weighted by molar-refractivity contribution is 5.93. The van der Waals surface area contributed by atoms with Crippen LogP contribution in [0.1, 0.15) is 41.3 Å². The molecule has 0 spiro atoms. The maximum Gasteiger partial charge on any atom is 0.248 e. The van der Waals surface area contributed by atoms with Gasteiger partial charge in [-0.15, -0.1) is 0 Å². The first-order valence-corrected chi connectivity index (χ1v) is 7.92. The number of primary amides is 1. The van der Waals surface area contributed by atoms with Crippen LogP contribution in [0, 0.1) is 12.8 Å². The number of aryl methyl sites for hydroxylation is 1. The number of rotatable bonds is 6. The molecule has 3 N–H and O–H groups in total. The van der Waals surface area contributed by atoms with Crippen LogP contribution >= 0.6 is 0 Å². The summed E-state index contributed by atoms with van der Waals surface area (Å²) in [7, 11) is 0. The largest absolute Gasteiger partial charge is 0.366 e. The van der Waals surface area contributed by atoms with Crippen LogP contribution in [-0.2, 0) is 6.54 Å². The van der Waals surface area contributed by atoms with Gasteiger partial charge in [-0.05, 0) is 68.6 Å². The van der Waals surface area contributed by atoms with Crippen LogP contribution in [0.15, 0.2) is 18.2 Å². The third kappa shape index (κ3) is 4.55. The molecule has 2 rings (SSSR count). The molecular formula is C17H27N3O. The fourth-order valence-corrected chi connectivity index (χ4v) is 3.00. The first-order chi connectivity index (χ1) is 10.1. The summed E-state index contributed by atoms with van der Waals surface area (Å²) in [5.41, 5.74) is 8.36. The van der Waals surface area contributed by atoms with Gasteiger partial charge in [0.05, 0.1) is 0 Å². The van der Waals surface area contributed by atoms with Gasteiger partial charge >= 0.3 is 0 Å². The molecule has 1 amide bonds. The molecule has 0 aromatic heterocycles. The van der Waals surface area contributed by atoms with E-state index in [9.17, 15) is 4.79 Å². The molecule has 0 unspecified atom stereocenters. The van der Waals surface area contributed by atoms with E-state index in [4.69, 9.17) is 5.73 Å². The van der Waals surface area contributed by atoms with Gasteiger partial charge in [0.1, 0.15) is 0 Å². The fraction of sp³-hybridized carbons (Fsp3) is 0.588. The number of piperidine rings is 1. The number of carbonyl (C=O) groups is 1. The summed E-state index contributed by atoms with van der Waals surface area (Å²) >= 11 is 0. The topological polar surface area (TPSA) is 58.4 Å². The van der Waals surface area contributed by atoms with Crippen LogP contribution < -0.4 is 11.1 Å². The molecule has 1 aromatic carbocycles. The van der Waals surface area contributed by atoms with Gasteiger partial charge in [-0.1, -0.05) is 13.0 Å². The van der Waals surface area contributed by atoms with Gasteiger partial charge in [-0.2, -0.15) is 0 Å². The van der Waals surface area contributed by atoms with Gasteiger partial charge in [0, 0.05) is 18.7 Å². The second kappa shape index (κ2) is 7.57. The van der Waals surface area contributed by atoms with Gasteiger partial charge in [0.25, 0.3) is 0 Å². The normalized spacial score (nSPS) is 16.3. The van der Waals surface area contributed by atoms with Crippen LogP contribution in [-0.4, -0.2) is 37.0 Å². The summed E-state index contributed by atoms with van der Waals surface area (Å²) in [6.45, 7) is 9.73. The van der Waals surface area contributed by atoms with Crippen molar-refractivity contribution in [2.24, 2.45) is 11.7 Å². The Morgan fingerprint density at radius 1 is 1.38 bits per heavy atom. The Balaban J connectivity index is 1.99. The molecule has 0 radical (unpaired) electrons. The fourth-order valence-electron chi connectivity index (χ4n) is 3.00. The van der Waals surface area contributed by atoms with Crippen molar-refractivity contribution < 1.29 is 4.79 Å². The van der Waals surface area contributed by atoms with Crippen molar-refractivity contribution in [3.63, 3.8) is 0 Å². The highest BCUT2D eigenvalue weighted by Crippen LogP contribution is 2.17. The number of hydrogen-bond donors (Lipinski definition) is 2. The molecule has 4 nitrogen and oxygen atoms in total. The molecule has 0 saturated carbocycles. The molecule has 0 aliphatic carbocycles. The number of amides is 1. The molecule has 116 valence electrons.